The number of carbonyl (C=O) groups is 1. The molecule has 0 amide bonds. The zero-order valence-electron chi connectivity index (χ0n) is 22.4. The molecule has 0 aliphatic heterocycles. The van der Waals surface area contributed by atoms with Crippen molar-refractivity contribution in [2.24, 2.45) is 0 Å². The number of hydrogen-bond acceptors (Lipinski definition) is 4. The molecule has 0 radical (unpaired) electrons. The first kappa shape index (κ1) is 26.1. The summed E-state index contributed by atoms with van der Waals surface area (Å²) in [6.45, 7) is 16.3. The van der Waals surface area contributed by atoms with Gasteiger partial charge >= 0.3 is 0 Å². The third kappa shape index (κ3) is 5.09. The number of benzene rings is 1. The topological polar surface area (TPSA) is 57.0 Å². The Morgan fingerprint density at radius 2 is 1.69 bits per heavy atom. The van der Waals surface area contributed by atoms with Crippen LogP contribution >= 0.6 is 11.6 Å². The molecular weight excluding hydrogens is 470 g/mol. The fourth-order valence-corrected chi connectivity index (χ4v) is 4.90. The maximum absolute atomic E-state index is 13.0. The van der Waals surface area contributed by atoms with E-state index in [0.717, 1.165) is 56.1 Å². The van der Waals surface area contributed by atoms with Gasteiger partial charge in [0.05, 0.1) is 17.8 Å². The number of aryl methyl sites for hydroxylation is 3. The molecule has 0 aliphatic carbocycles. The predicted molar refractivity (Wildman–Crippen MR) is 147 cm³/mol. The second-order valence-corrected chi connectivity index (χ2v) is 10.9. The first-order valence-corrected chi connectivity index (χ1v) is 12.6. The summed E-state index contributed by atoms with van der Waals surface area (Å²) in [6, 6.07) is 13.8. The Morgan fingerprint density at radius 3 is 2.28 bits per heavy atom. The highest BCUT2D eigenvalue weighted by molar-refractivity contribution is 6.30. The molecule has 0 spiro atoms. The van der Waals surface area contributed by atoms with Crippen molar-refractivity contribution in [2.45, 2.75) is 73.6 Å². The molecular formula is C30H34ClN3O2. The number of rotatable bonds is 6. The van der Waals surface area contributed by atoms with E-state index in [4.69, 9.17) is 26.3 Å². The highest BCUT2D eigenvalue weighted by atomic mass is 35.5. The number of pyridine rings is 2. The van der Waals surface area contributed by atoms with Crippen LogP contribution in [0.5, 0.6) is 0 Å². The average molecular weight is 504 g/mol. The van der Waals surface area contributed by atoms with Gasteiger partial charge in [0.2, 0.25) is 0 Å². The van der Waals surface area contributed by atoms with Crippen molar-refractivity contribution in [3.05, 3.63) is 81.4 Å². The predicted octanol–water partition coefficient (Wildman–Crippen LogP) is 7.48. The lowest BCUT2D eigenvalue weighted by molar-refractivity contribution is -0.138. The van der Waals surface area contributed by atoms with E-state index in [-0.39, 0.29) is 5.78 Å². The first-order chi connectivity index (χ1) is 16.9. The zero-order chi connectivity index (χ0) is 26.4. The van der Waals surface area contributed by atoms with Gasteiger partial charge in [-0.25, -0.2) is 4.98 Å². The lowest BCUT2D eigenvalue weighted by Gasteiger charge is -2.29. The molecule has 1 atom stereocenters. The second-order valence-electron chi connectivity index (χ2n) is 10.5. The van der Waals surface area contributed by atoms with Crippen LogP contribution in [0.2, 0.25) is 5.02 Å². The number of hydrogen-bond donors (Lipinski definition) is 0. The summed E-state index contributed by atoms with van der Waals surface area (Å²) >= 11 is 6.25. The minimum atomic E-state index is -0.742. The molecule has 3 aromatic heterocycles. The standard InChI is InChI=1S/C30H34ClN3O2/c1-17-10-9-11-24(32-17)16-34-20(4)18(2)25-27(22-12-14-23(31)15-13-22)26(19(3)33-29(25)34)28(21(5)35)36-30(6,7)8/h9-15,28H,16H2,1-8H3. The van der Waals surface area contributed by atoms with E-state index in [2.05, 4.69) is 18.4 Å². The number of ether oxygens (including phenoxy) is 1. The molecule has 0 saturated carbocycles. The lowest BCUT2D eigenvalue weighted by Crippen LogP contribution is -2.27. The van der Waals surface area contributed by atoms with Gasteiger partial charge in [-0.15, -0.1) is 0 Å². The van der Waals surface area contributed by atoms with Gasteiger partial charge in [-0.1, -0.05) is 29.8 Å². The molecule has 0 aliphatic rings. The Labute approximate surface area is 218 Å². The molecule has 5 nitrogen and oxygen atoms in total. The van der Waals surface area contributed by atoms with E-state index in [1.54, 1.807) is 6.92 Å². The van der Waals surface area contributed by atoms with Crippen LogP contribution in [0.25, 0.3) is 22.2 Å². The van der Waals surface area contributed by atoms with Crippen molar-refractivity contribution in [3.63, 3.8) is 0 Å². The van der Waals surface area contributed by atoms with E-state index in [0.29, 0.717) is 11.6 Å². The molecule has 0 saturated heterocycles. The fourth-order valence-electron chi connectivity index (χ4n) is 4.77. The Morgan fingerprint density at radius 1 is 1.03 bits per heavy atom. The van der Waals surface area contributed by atoms with Gasteiger partial charge in [0, 0.05) is 38.6 Å². The fraction of sp³-hybridized carbons (Fsp3) is 0.367. The third-order valence-corrected chi connectivity index (χ3v) is 6.74. The maximum atomic E-state index is 13.0. The second kappa shape index (κ2) is 9.79. The molecule has 0 fully saturated rings. The van der Waals surface area contributed by atoms with Crippen molar-refractivity contribution in [2.75, 3.05) is 0 Å². The smallest absolute Gasteiger partial charge is 0.163 e. The van der Waals surface area contributed by atoms with Crippen LogP contribution in [0.15, 0.2) is 42.5 Å². The van der Waals surface area contributed by atoms with Crippen LogP contribution in [0.1, 0.15) is 67.7 Å². The van der Waals surface area contributed by atoms with E-state index in [1.165, 1.54) is 0 Å². The van der Waals surface area contributed by atoms with Crippen LogP contribution in [0.3, 0.4) is 0 Å². The third-order valence-electron chi connectivity index (χ3n) is 6.49. The van der Waals surface area contributed by atoms with Gasteiger partial charge < -0.3 is 9.30 Å². The van der Waals surface area contributed by atoms with Crippen molar-refractivity contribution in [1.82, 2.24) is 14.5 Å². The quantitative estimate of drug-likeness (QED) is 0.273. The normalized spacial score (nSPS) is 12.8. The van der Waals surface area contributed by atoms with E-state index in [1.807, 2.05) is 77.1 Å². The minimum Gasteiger partial charge on any atom is -0.360 e. The Hall–Kier alpha value is -3.02. The molecule has 0 N–H and O–H groups in total. The number of aromatic nitrogens is 3. The van der Waals surface area contributed by atoms with Crippen LogP contribution in [-0.4, -0.2) is 25.9 Å². The van der Waals surface area contributed by atoms with Gasteiger partial charge in [-0.05, 0) is 90.8 Å². The lowest BCUT2D eigenvalue weighted by atomic mass is 9.90. The summed E-state index contributed by atoms with van der Waals surface area (Å²) in [7, 11) is 0. The summed E-state index contributed by atoms with van der Waals surface area (Å²) in [5.41, 5.74) is 8.07. The van der Waals surface area contributed by atoms with Crippen molar-refractivity contribution >= 4 is 28.4 Å². The van der Waals surface area contributed by atoms with Crippen LogP contribution in [-0.2, 0) is 16.1 Å². The maximum Gasteiger partial charge on any atom is 0.163 e. The molecule has 188 valence electrons. The molecule has 1 unspecified atom stereocenters. The van der Waals surface area contributed by atoms with Crippen molar-refractivity contribution < 1.29 is 9.53 Å². The molecule has 6 heteroatoms. The number of fused-ring (bicyclic) bond motifs is 1. The van der Waals surface area contributed by atoms with Crippen molar-refractivity contribution in [3.8, 4) is 11.1 Å². The Kier molecular flexibility index (Phi) is 7.09. The Balaban J connectivity index is 2.07. The highest BCUT2D eigenvalue weighted by Gasteiger charge is 2.32. The summed E-state index contributed by atoms with van der Waals surface area (Å²) in [4.78, 5) is 22.8. The van der Waals surface area contributed by atoms with Gasteiger partial charge in [0.25, 0.3) is 0 Å². The number of halogens is 1. The zero-order valence-corrected chi connectivity index (χ0v) is 23.1. The Bertz CT molecular complexity index is 1450. The molecule has 3 heterocycles. The molecule has 4 aromatic rings. The van der Waals surface area contributed by atoms with E-state index in [9.17, 15) is 4.79 Å². The monoisotopic (exact) mass is 503 g/mol. The molecule has 1 aromatic carbocycles. The van der Waals surface area contributed by atoms with E-state index >= 15 is 0 Å². The highest BCUT2D eigenvalue weighted by Crippen LogP contribution is 2.42. The van der Waals surface area contributed by atoms with E-state index < -0.39 is 11.7 Å². The number of nitrogens with zero attached hydrogens (tertiary/aromatic N) is 3. The largest absolute Gasteiger partial charge is 0.360 e. The van der Waals surface area contributed by atoms with Crippen molar-refractivity contribution in [1.29, 1.82) is 0 Å². The number of Topliss-reactive ketones (excluding diaryl/α,β-unsaturated/α-hetero) is 1. The molecule has 36 heavy (non-hydrogen) atoms. The van der Waals surface area contributed by atoms with Gasteiger partial charge in [-0.3, -0.25) is 9.78 Å². The van der Waals surface area contributed by atoms with Gasteiger partial charge in [-0.2, -0.15) is 0 Å². The summed E-state index contributed by atoms with van der Waals surface area (Å²) in [5, 5.41) is 1.68. The SMILES string of the molecule is CC(=O)C(OC(C)(C)C)c1c(C)nc2c(c(C)c(C)n2Cc2cccc(C)n2)c1-c1ccc(Cl)cc1. The number of ketones is 1. The first-order valence-electron chi connectivity index (χ1n) is 12.2. The van der Waals surface area contributed by atoms with Gasteiger partial charge in [0.15, 0.2) is 5.78 Å². The minimum absolute atomic E-state index is 0.0536. The summed E-state index contributed by atoms with van der Waals surface area (Å²) < 4.78 is 8.57. The molecule has 0 bridgehead atoms. The van der Waals surface area contributed by atoms with Gasteiger partial charge in [0.1, 0.15) is 11.8 Å². The number of carbonyl (C=O) groups excluding carboxylic acids is 1. The van der Waals surface area contributed by atoms with Crippen LogP contribution < -0.4 is 0 Å². The molecule has 4 rings (SSSR count). The summed E-state index contributed by atoms with van der Waals surface area (Å²) in [6.07, 6.45) is -0.742. The summed E-state index contributed by atoms with van der Waals surface area (Å²) in [5.74, 6) is -0.0536. The van der Waals surface area contributed by atoms with Crippen LogP contribution in [0, 0.1) is 27.7 Å². The van der Waals surface area contributed by atoms with Crippen LogP contribution in [0.4, 0.5) is 0 Å². The average Bonchev–Trinajstić information content (AvgIpc) is 3.01.